The first-order valence-corrected chi connectivity index (χ1v) is 5.13. The van der Waals surface area contributed by atoms with E-state index in [1.807, 2.05) is 0 Å². The third kappa shape index (κ3) is 2.36. The third-order valence-corrected chi connectivity index (χ3v) is 2.93. The van der Waals surface area contributed by atoms with Crippen molar-refractivity contribution in [2.45, 2.75) is 44.9 Å². The molecule has 0 unspecified atom stereocenters. The Morgan fingerprint density at radius 3 is 1.73 bits per heavy atom. The molecule has 0 saturated heterocycles. The Morgan fingerprint density at radius 2 is 1.18 bits per heavy atom. The van der Waals surface area contributed by atoms with Crippen molar-refractivity contribution in [3.05, 3.63) is 12.2 Å². The molecule has 2 rings (SSSR count). The zero-order valence-electron chi connectivity index (χ0n) is 7.26. The van der Waals surface area contributed by atoms with E-state index in [-0.39, 0.29) is 0 Å². The maximum Gasteiger partial charge on any atom is -0.0233 e. The first-order chi connectivity index (χ1) is 5.45. The van der Waals surface area contributed by atoms with Crippen molar-refractivity contribution in [2.24, 2.45) is 11.8 Å². The first-order valence-electron chi connectivity index (χ1n) is 5.13. The van der Waals surface area contributed by atoms with Gasteiger partial charge in [0, 0.05) is 0 Å². The van der Waals surface area contributed by atoms with Crippen LogP contribution in [0.2, 0.25) is 0 Å². The predicted octanol–water partition coefficient (Wildman–Crippen LogP) is 3.53. The van der Waals surface area contributed by atoms with Crippen molar-refractivity contribution >= 4 is 0 Å². The molecule has 0 aromatic heterocycles. The Kier molecular flexibility index (Phi) is 2.30. The summed E-state index contributed by atoms with van der Waals surface area (Å²) in [5, 5.41) is 0. The molecule has 2 fully saturated rings. The largest absolute Gasteiger partial charge is 0.0851 e. The lowest BCUT2D eigenvalue weighted by Crippen LogP contribution is -2.02. The standard InChI is InChI=1S/C11H18/c1-2-4-10(5-3-1)6-7-11-8-9-11/h6-7,10-11H,1-5,8-9H2/b7-6+. The Labute approximate surface area is 69.7 Å². The minimum atomic E-state index is 0.948. The number of rotatable bonds is 2. The summed E-state index contributed by atoms with van der Waals surface area (Å²) in [6.45, 7) is 0. The highest BCUT2D eigenvalue weighted by molar-refractivity contribution is 4.99. The summed E-state index contributed by atoms with van der Waals surface area (Å²) in [5.41, 5.74) is 0. The Hall–Kier alpha value is -0.260. The summed E-state index contributed by atoms with van der Waals surface area (Å²) in [5.74, 6) is 1.93. The molecule has 0 aromatic rings. The molecule has 0 nitrogen and oxygen atoms in total. The number of hydrogen-bond donors (Lipinski definition) is 0. The molecule has 0 radical (unpaired) electrons. The van der Waals surface area contributed by atoms with Crippen LogP contribution < -0.4 is 0 Å². The van der Waals surface area contributed by atoms with E-state index >= 15 is 0 Å². The quantitative estimate of drug-likeness (QED) is 0.528. The maximum absolute atomic E-state index is 2.50. The summed E-state index contributed by atoms with van der Waals surface area (Å²) >= 11 is 0. The van der Waals surface area contributed by atoms with Crippen LogP contribution in [0.5, 0.6) is 0 Å². The summed E-state index contributed by atoms with van der Waals surface area (Å²) in [6, 6.07) is 0. The average Bonchev–Trinajstić information content (AvgIpc) is 2.86. The van der Waals surface area contributed by atoms with E-state index in [2.05, 4.69) is 12.2 Å². The molecular formula is C11H18. The van der Waals surface area contributed by atoms with Gasteiger partial charge in [0.1, 0.15) is 0 Å². The first kappa shape index (κ1) is 7.39. The zero-order valence-corrected chi connectivity index (χ0v) is 7.26. The smallest absolute Gasteiger partial charge is 0.0233 e. The summed E-state index contributed by atoms with van der Waals surface area (Å²) < 4.78 is 0. The van der Waals surface area contributed by atoms with E-state index in [1.54, 1.807) is 0 Å². The van der Waals surface area contributed by atoms with Crippen LogP contribution in [0.3, 0.4) is 0 Å². The number of hydrogen-bond acceptors (Lipinski definition) is 0. The van der Waals surface area contributed by atoms with Crippen LogP contribution in [0, 0.1) is 11.8 Å². The second kappa shape index (κ2) is 3.42. The van der Waals surface area contributed by atoms with Crippen LogP contribution in [-0.2, 0) is 0 Å². The van der Waals surface area contributed by atoms with Crippen molar-refractivity contribution in [3.8, 4) is 0 Å². The summed E-state index contributed by atoms with van der Waals surface area (Å²) in [7, 11) is 0. The van der Waals surface area contributed by atoms with Gasteiger partial charge in [-0.05, 0) is 37.5 Å². The SMILES string of the molecule is C(=C\C1CC1)/C1CCCCC1. The lowest BCUT2D eigenvalue weighted by Gasteiger charge is -2.17. The molecule has 0 spiro atoms. The van der Waals surface area contributed by atoms with Crippen LogP contribution in [0.15, 0.2) is 12.2 Å². The molecule has 0 heteroatoms. The van der Waals surface area contributed by atoms with Gasteiger partial charge in [0.2, 0.25) is 0 Å². The number of allylic oxidation sites excluding steroid dienone is 2. The van der Waals surface area contributed by atoms with Gasteiger partial charge < -0.3 is 0 Å². The van der Waals surface area contributed by atoms with Gasteiger partial charge in [-0.2, -0.15) is 0 Å². The monoisotopic (exact) mass is 150 g/mol. The van der Waals surface area contributed by atoms with Crippen LogP contribution >= 0.6 is 0 Å². The maximum atomic E-state index is 2.50. The molecule has 62 valence electrons. The molecule has 2 aliphatic carbocycles. The van der Waals surface area contributed by atoms with Crippen LogP contribution in [0.25, 0.3) is 0 Å². The summed E-state index contributed by atoms with van der Waals surface area (Å²) in [4.78, 5) is 0. The topological polar surface area (TPSA) is 0 Å². The molecule has 0 atom stereocenters. The fraction of sp³-hybridized carbons (Fsp3) is 0.818. The van der Waals surface area contributed by atoms with E-state index in [4.69, 9.17) is 0 Å². The molecular weight excluding hydrogens is 132 g/mol. The molecule has 0 N–H and O–H groups in total. The highest BCUT2D eigenvalue weighted by atomic mass is 14.2. The van der Waals surface area contributed by atoms with Crippen molar-refractivity contribution in [1.82, 2.24) is 0 Å². The van der Waals surface area contributed by atoms with E-state index in [0.717, 1.165) is 11.8 Å². The third-order valence-electron chi connectivity index (χ3n) is 2.93. The van der Waals surface area contributed by atoms with Gasteiger partial charge in [-0.25, -0.2) is 0 Å². The van der Waals surface area contributed by atoms with Gasteiger partial charge in [0.05, 0.1) is 0 Å². The highest BCUT2D eigenvalue weighted by Crippen LogP contribution is 2.32. The lowest BCUT2D eigenvalue weighted by molar-refractivity contribution is 0.418. The van der Waals surface area contributed by atoms with Crippen LogP contribution in [0.1, 0.15) is 44.9 Å². The molecule has 2 saturated carbocycles. The summed E-state index contributed by atoms with van der Waals surface area (Å²) in [6.07, 6.45) is 15.2. The second-order valence-electron chi connectivity index (χ2n) is 4.12. The van der Waals surface area contributed by atoms with Gasteiger partial charge >= 0.3 is 0 Å². The second-order valence-corrected chi connectivity index (χ2v) is 4.12. The molecule has 0 amide bonds. The Balaban J connectivity index is 1.74. The van der Waals surface area contributed by atoms with Crippen molar-refractivity contribution in [3.63, 3.8) is 0 Å². The fourth-order valence-electron chi connectivity index (χ4n) is 1.93. The molecule has 2 aliphatic rings. The average molecular weight is 150 g/mol. The van der Waals surface area contributed by atoms with E-state index in [0.29, 0.717) is 0 Å². The van der Waals surface area contributed by atoms with E-state index in [9.17, 15) is 0 Å². The fourth-order valence-corrected chi connectivity index (χ4v) is 1.93. The molecule has 11 heavy (non-hydrogen) atoms. The van der Waals surface area contributed by atoms with Crippen LogP contribution in [-0.4, -0.2) is 0 Å². The highest BCUT2D eigenvalue weighted by Gasteiger charge is 2.18. The van der Waals surface area contributed by atoms with Gasteiger partial charge in [-0.3, -0.25) is 0 Å². The van der Waals surface area contributed by atoms with Gasteiger partial charge in [-0.15, -0.1) is 0 Å². The van der Waals surface area contributed by atoms with Gasteiger partial charge in [0.15, 0.2) is 0 Å². The normalized spacial score (nSPS) is 28.0. The van der Waals surface area contributed by atoms with E-state index < -0.39 is 0 Å². The Bertz CT molecular complexity index is 136. The zero-order chi connectivity index (χ0) is 7.52. The predicted molar refractivity (Wildman–Crippen MR) is 48.4 cm³/mol. The molecule has 0 aromatic carbocycles. The van der Waals surface area contributed by atoms with Gasteiger partial charge in [0.25, 0.3) is 0 Å². The van der Waals surface area contributed by atoms with Gasteiger partial charge in [-0.1, -0.05) is 31.4 Å². The Morgan fingerprint density at radius 1 is 0.636 bits per heavy atom. The van der Waals surface area contributed by atoms with Crippen molar-refractivity contribution in [2.75, 3.05) is 0 Å². The molecule has 0 aliphatic heterocycles. The lowest BCUT2D eigenvalue weighted by atomic mass is 9.89. The van der Waals surface area contributed by atoms with Crippen LogP contribution in [0.4, 0.5) is 0 Å². The minimum absolute atomic E-state index is 0.948. The van der Waals surface area contributed by atoms with E-state index in [1.165, 1.54) is 44.9 Å². The minimum Gasteiger partial charge on any atom is -0.0851 e. The molecule has 0 bridgehead atoms. The van der Waals surface area contributed by atoms with Crippen molar-refractivity contribution in [1.29, 1.82) is 0 Å². The molecule has 0 heterocycles. The van der Waals surface area contributed by atoms with Crippen molar-refractivity contribution < 1.29 is 0 Å².